The Balaban J connectivity index is 1.65. The summed E-state index contributed by atoms with van der Waals surface area (Å²) in [4.78, 5) is 24.2. The second-order valence-corrected chi connectivity index (χ2v) is 7.95. The molecule has 1 aromatic carbocycles. The highest BCUT2D eigenvalue weighted by molar-refractivity contribution is 5.94. The highest BCUT2D eigenvalue weighted by Crippen LogP contribution is 2.59. The van der Waals surface area contributed by atoms with Crippen LogP contribution in [-0.4, -0.2) is 27.4 Å². The normalized spacial score (nSPS) is 40.8. The first-order chi connectivity index (χ1) is 10.8. The van der Waals surface area contributed by atoms with E-state index in [-0.39, 0.29) is 16.7 Å². The standard InChI is InChI=1S/C17H21N3O3/c18-15-6-12-7-16(9-15,11-17(8-12,10-15)20(22)23)19-14(21)13-4-2-1-3-5-13/h1-5,12H,6-11,18H2,(H,19,21). The summed E-state index contributed by atoms with van der Waals surface area (Å²) >= 11 is 0. The lowest BCUT2D eigenvalue weighted by Crippen LogP contribution is -2.74. The fourth-order valence-corrected chi connectivity index (χ4v) is 5.71. The molecule has 4 atom stereocenters. The minimum atomic E-state index is -0.960. The van der Waals surface area contributed by atoms with Crippen molar-refractivity contribution < 1.29 is 9.72 Å². The minimum absolute atomic E-state index is 0.136. The Morgan fingerprint density at radius 3 is 2.57 bits per heavy atom. The molecule has 4 unspecified atom stereocenters. The Hall–Kier alpha value is -1.95. The summed E-state index contributed by atoms with van der Waals surface area (Å²) in [6.07, 6.45) is 3.73. The quantitative estimate of drug-likeness (QED) is 0.657. The van der Waals surface area contributed by atoms with E-state index in [9.17, 15) is 14.9 Å². The summed E-state index contributed by atoms with van der Waals surface area (Å²) in [6, 6.07) is 9.02. The van der Waals surface area contributed by atoms with E-state index in [2.05, 4.69) is 5.32 Å². The topological polar surface area (TPSA) is 98.3 Å². The highest BCUT2D eigenvalue weighted by Gasteiger charge is 2.68. The monoisotopic (exact) mass is 315 g/mol. The number of carbonyl (C=O) groups is 1. The van der Waals surface area contributed by atoms with Crippen molar-refractivity contribution in [3.05, 3.63) is 46.0 Å². The van der Waals surface area contributed by atoms with Crippen LogP contribution >= 0.6 is 0 Å². The Morgan fingerprint density at radius 2 is 1.91 bits per heavy atom. The van der Waals surface area contributed by atoms with Crippen molar-refractivity contribution in [2.45, 2.75) is 55.1 Å². The van der Waals surface area contributed by atoms with Crippen LogP contribution in [0.2, 0.25) is 0 Å². The molecule has 0 spiro atoms. The molecule has 6 heteroatoms. The van der Waals surface area contributed by atoms with E-state index in [4.69, 9.17) is 5.73 Å². The molecule has 1 amide bonds. The smallest absolute Gasteiger partial charge is 0.251 e. The zero-order valence-electron chi connectivity index (χ0n) is 13.0. The number of carbonyl (C=O) groups excluding carboxylic acids is 1. The number of nitrogens with zero attached hydrogens (tertiary/aromatic N) is 1. The van der Waals surface area contributed by atoms with E-state index in [1.165, 1.54) is 0 Å². The van der Waals surface area contributed by atoms with Gasteiger partial charge in [-0.3, -0.25) is 14.9 Å². The van der Waals surface area contributed by atoms with Gasteiger partial charge in [-0.05, 0) is 37.3 Å². The van der Waals surface area contributed by atoms with Gasteiger partial charge in [0.25, 0.3) is 5.91 Å². The number of nitrogens with two attached hydrogens (primary N) is 1. The summed E-state index contributed by atoms with van der Waals surface area (Å²) in [5.41, 5.74) is 5.06. The van der Waals surface area contributed by atoms with Gasteiger partial charge in [0.2, 0.25) is 5.54 Å². The number of nitro groups is 1. The molecule has 4 bridgehead atoms. The predicted molar refractivity (Wildman–Crippen MR) is 84.5 cm³/mol. The molecule has 4 aliphatic rings. The first kappa shape index (κ1) is 14.6. The van der Waals surface area contributed by atoms with Gasteiger partial charge >= 0.3 is 0 Å². The largest absolute Gasteiger partial charge is 0.346 e. The molecule has 4 saturated carbocycles. The number of hydrogen-bond acceptors (Lipinski definition) is 4. The van der Waals surface area contributed by atoms with Crippen LogP contribution in [0.1, 0.15) is 48.9 Å². The fraction of sp³-hybridized carbons (Fsp3) is 0.588. The van der Waals surface area contributed by atoms with E-state index in [1.54, 1.807) is 12.1 Å². The van der Waals surface area contributed by atoms with Crippen LogP contribution in [0.5, 0.6) is 0 Å². The van der Waals surface area contributed by atoms with Gasteiger partial charge in [0.1, 0.15) is 0 Å². The molecule has 0 aliphatic heterocycles. The Kier molecular flexibility index (Phi) is 2.89. The van der Waals surface area contributed by atoms with Gasteiger partial charge in [0.15, 0.2) is 0 Å². The third-order valence-electron chi connectivity index (χ3n) is 5.88. The average Bonchev–Trinajstić information content (AvgIpc) is 2.45. The van der Waals surface area contributed by atoms with Crippen molar-refractivity contribution in [3.8, 4) is 0 Å². The summed E-state index contributed by atoms with van der Waals surface area (Å²) < 4.78 is 0. The van der Waals surface area contributed by atoms with Crippen molar-refractivity contribution in [2.75, 3.05) is 0 Å². The molecule has 0 heterocycles. The molecule has 23 heavy (non-hydrogen) atoms. The Labute approximate surface area is 134 Å². The van der Waals surface area contributed by atoms with Gasteiger partial charge in [0.05, 0.1) is 0 Å². The van der Waals surface area contributed by atoms with Crippen LogP contribution < -0.4 is 11.1 Å². The second-order valence-electron chi connectivity index (χ2n) is 7.95. The molecule has 6 nitrogen and oxygen atoms in total. The molecule has 1 aromatic rings. The van der Waals surface area contributed by atoms with Crippen LogP contribution in [0, 0.1) is 16.0 Å². The molecule has 0 radical (unpaired) electrons. The zero-order valence-corrected chi connectivity index (χ0v) is 13.0. The van der Waals surface area contributed by atoms with Crippen LogP contribution in [0.25, 0.3) is 0 Å². The lowest BCUT2D eigenvalue weighted by Gasteiger charge is -2.61. The third kappa shape index (κ3) is 2.24. The first-order valence-electron chi connectivity index (χ1n) is 8.15. The maximum Gasteiger partial charge on any atom is 0.251 e. The number of benzene rings is 1. The maximum atomic E-state index is 12.6. The summed E-state index contributed by atoms with van der Waals surface area (Å²) in [5, 5.41) is 14.9. The van der Waals surface area contributed by atoms with E-state index in [1.807, 2.05) is 18.2 Å². The van der Waals surface area contributed by atoms with Crippen LogP contribution in [0.15, 0.2) is 30.3 Å². The number of amides is 1. The SMILES string of the molecule is NC12CC3CC(NC(=O)c4ccccc4)(C1)CC([N+](=O)[O-])(C3)C2. The van der Waals surface area contributed by atoms with Crippen molar-refractivity contribution in [2.24, 2.45) is 11.7 Å². The number of hydrogen-bond donors (Lipinski definition) is 2. The Morgan fingerprint density at radius 1 is 1.17 bits per heavy atom. The molecule has 0 aromatic heterocycles. The zero-order chi connectivity index (χ0) is 16.3. The van der Waals surface area contributed by atoms with E-state index < -0.39 is 16.6 Å². The highest BCUT2D eigenvalue weighted by atomic mass is 16.6. The van der Waals surface area contributed by atoms with Crippen molar-refractivity contribution in [1.82, 2.24) is 5.32 Å². The number of rotatable bonds is 3. The summed E-state index contributed by atoms with van der Waals surface area (Å²) in [5.74, 6) is 0.0763. The van der Waals surface area contributed by atoms with Gasteiger partial charge in [-0.15, -0.1) is 0 Å². The second kappa shape index (κ2) is 4.54. The van der Waals surface area contributed by atoms with Crippen molar-refractivity contribution in [3.63, 3.8) is 0 Å². The molecule has 3 N–H and O–H groups in total. The van der Waals surface area contributed by atoms with Gasteiger partial charge in [0, 0.05) is 40.8 Å². The molecule has 0 saturated heterocycles. The minimum Gasteiger partial charge on any atom is -0.346 e. The third-order valence-corrected chi connectivity index (χ3v) is 5.88. The van der Waals surface area contributed by atoms with Crippen LogP contribution in [0.3, 0.4) is 0 Å². The Bertz CT molecular complexity index is 679. The molecular formula is C17H21N3O3. The average molecular weight is 315 g/mol. The van der Waals surface area contributed by atoms with Crippen molar-refractivity contribution in [1.29, 1.82) is 0 Å². The van der Waals surface area contributed by atoms with Crippen molar-refractivity contribution >= 4 is 5.91 Å². The van der Waals surface area contributed by atoms with Gasteiger partial charge < -0.3 is 11.1 Å². The van der Waals surface area contributed by atoms with Gasteiger partial charge in [-0.25, -0.2) is 0 Å². The molecule has 122 valence electrons. The fourth-order valence-electron chi connectivity index (χ4n) is 5.71. The lowest BCUT2D eigenvalue weighted by atomic mass is 9.47. The molecule has 5 rings (SSSR count). The number of nitrogens with one attached hydrogen (secondary N) is 1. The lowest BCUT2D eigenvalue weighted by molar-refractivity contribution is -0.589. The summed E-state index contributed by atoms with van der Waals surface area (Å²) in [6.45, 7) is 0. The van der Waals surface area contributed by atoms with E-state index in [0.717, 1.165) is 12.8 Å². The predicted octanol–water partition coefficient (Wildman–Crippen LogP) is 1.87. The molecule has 4 fully saturated rings. The van der Waals surface area contributed by atoms with E-state index in [0.29, 0.717) is 31.2 Å². The summed E-state index contributed by atoms with van der Waals surface area (Å²) in [7, 11) is 0. The molecular weight excluding hydrogens is 294 g/mol. The molecule has 4 aliphatic carbocycles. The van der Waals surface area contributed by atoms with Gasteiger partial charge in [-0.1, -0.05) is 18.2 Å². The maximum absolute atomic E-state index is 12.6. The van der Waals surface area contributed by atoms with Crippen LogP contribution in [-0.2, 0) is 0 Å². The van der Waals surface area contributed by atoms with E-state index >= 15 is 0 Å². The van der Waals surface area contributed by atoms with Crippen LogP contribution in [0.4, 0.5) is 0 Å². The first-order valence-corrected chi connectivity index (χ1v) is 8.15. The van der Waals surface area contributed by atoms with Gasteiger partial charge in [-0.2, -0.15) is 0 Å².